The fourth-order valence-electron chi connectivity index (χ4n) is 1.64. The lowest BCUT2D eigenvalue weighted by Gasteiger charge is -2.08. The minimum Gasteiger partial charge on any atom is -0.478 e. The number of halogens is 2. The first-order valence-corrected chi connectivity index (χ1v) is 8.85. The van der Waals surface area contributed by atoms with Crippen LogP contribution in [0.15, 0.2) is 22.4 Å². The van der Waals surface area contributed by atoms with Gasteiger partial charge in [-0.05, 0) is 19.1 Å². The molecule has 0 spiro atoms. The Morgan fingerprint density at radius 3 is 2.52 bits per heavy atom. The van der Waals surface area contributed by atoms with Crippen LogP contribution in [0.1, 0.15) is 21.1 Å². The third-order valence-corrected chi connectivity index (χ3v) is 6.12. The molecule has 1 N–H and O–H groups in total. The molecule has 0 amide bonds. The minimum atomic E-state index is -3.81. The number of hydrogen-bond donors (Lipinski definition) is 1. The van der Waals surface area contributed by atoms with E-state index in [2.05, 4.69) is 4.98 Å². The van der Waals surface area contributed by atoms with Crippen LogP contribution >= 0.6 is 34.5 Å². The molecule has 0 aliphatic heterocycles. The van der Waals surface area contributed by atoms with E-state index in [-0.39, 0.29) is 26.3 Å². The maximum atomic E-state index is 12.4. The lowest BCUT2D eigenvalue weighted by Crippen LogP contribution is -2.08. The second-order valence-electron chi connectivity index (χ2n) is 4.21. The summed E-state index contributed by atoms with van der Waals surface area (Å²) in [4.78, 5) is 14.9. The Morgan fingerprint density at radius 2 is 2.00 bits per heavy atom. The number of aromatic nitrogens is 1. The zero-order valence-electron chi connectivity index (χ0n) is 10.6. The molecule has 0 aliphatic rings. The zero-order chi connectivity index (χ0) is 15.8. The average Bonchev–Trinajstić information content (AvgIpc) is 2.72. The normalized spacial score (nSPS) is 11.6. The SMILES string of the molecule is Cc1csc(CS(=O)(=O)c2cc(C(=O)O)c(Cl)cc2Cl)n1. The van der Waals surface area contributed by atoms with Gasteiger partial charge < -0.3 is 5.11 Å². The van der Waals surface area contributed by atoms with Crippen molar-refractivity contribution < 1.29 is 18.3 Å². The summed E-state index contributed by atoms with van der Waals surface area (Å²) < 4.78 is 24.7. The van der Waals surface area contributed by atoms with Crippen molar-refractivity contribution in [1.82, 2.24) is 4.98 Å². The zero-order valence-corrected chi connectivity index (χ0v) is 13.8. The molecule has 1 aromatic heterocycles. The number of sulfone groups is 1. The lowest BCUT2D eigenvalue weighted by atomic mass is 10.2. The molecule has 5 nitrogen and oxygen atoms in total. The summed E-state index contributed by atoms with van der Waals surface area (Å²) >= 11 is 12.8. The van der Waals surface area contributed by atoms with E-state index in [4.69, 9.17) is 28.3 Å². The molecule has 1 aromatic carbocycles. The molecule has 0 atom stereocenters. The molecule has 1 heterocycles. The molecule has 0 bridgehead atoms. The molecule has 2 aromatic rings. The van der Waals surface area contributed by atoms with E-state index >= 15 is 0 Å². The molecule has 21 heavy (non-hydrogen) atoms. The second kappa shape index (κ2) is 5.92. The van der Waals surface area contributed by atoms with Crippen LogP contribution in [0.2, 0.25) is 10.0 Å². The van der Waals surface area contributed by atoms with Crippen LogP contribution in [0.4, 0.5) is 0 Å². The van der Waals surface area contributed by atoms with Crippen molar-refractivity contribution in [3.63, 3.8) is 0 Å². The topological polar surface area (TPSA) is 84.3 Å². The number of nitrogens with zero attached hydrogens (tertiary/aromatic N) is 1. The van der Waals surface area contributed by atoms with Gasteiger partial charge in [-0.3, -0.25) is 0 Å². The smallest absolute Gasteiger partial charge is 0.337 e. The van der Waals surface area contributed by atoms with Gasteiger partial charge in [0.1, 0.15) is 10.8 Å². The predicted octanol–water partition coefficient (Wildman–Crippen LogP) is 3.43. The van der Waals surface area contributed by atoms with E-state index in [0.717, 1.165) is 17.8 Å². The van der Waals surface area contributed by atoms with Crippen LogP contribution in [-0.2, 0) is 15.6 Å². The Hall–Kier alpha value is -1.15. The maximum Gasteiger partial charge on any atom is 0.337 e. The van der Waals surface area contributed by atoms with Gasteiger partial charge in [-0.1, -0.05) is 23.2 Å². The monoisotopic (exact) mass is 365 g/mol. The van der Waals surface area contributed by atoms with Crippen LogP contribution in [0.3, 0.4) is 0 Å². The van der Waals surface area contributed by atoms with Gasteiger partial charge in [-0.25, -0.2) is 18.2 Å². The molecule has 0 radical (unpaired) electrons. The first-order chi connectivity index (χ1) is 9.70. The number of hydrogen-bond acceptors (Lipinski definition) is 5. The number of aryl methyl sites for hydroxylation is 1. The van der Waals surface area contributed by atoms with Crippen molar-refractivity contribution in [3.8, 4) is 0 Å². The summed E-state index contributed by atoms with van der Waals surface area (Å²) in [6.45, 7) is 1.75. The molecule has 0 saturated carbocycles. The molecule has 9 heteroatoms. The van der Waals surface area contributed by atoms with Gasteiger partial charge in [0.05, 0.1) is 20.5 Å². The fourth-order valence-corrected chi connectivity index (χ4v) is 4.95. The molecular weight excluding hydrogens is 357 g/mol. The van der Waals surface area contributed by atoms with E-state index in [1.165, 1.54) is 11.3 Å². The molecule has 0 unspecified atom stereocenters. The van der Waals surface area contributed by atoms with Crippen molar-refractivity contribution in [2.75, 3.05) is 0 Å². The Morgan fingerprint density at radius 1 is 1.33 bits per heavy atom. The number of aromatic carboxylic acids is 1. The average molecular weight is 366 g/mol. The van der Waals surface area contributed by atoms with Gasteiger partial charge in [-0.2, -0.15) is 0 Å². The highest BCUT2D eigenvalue weighted by atomic mass is 35.5. The van der Waals surface area contributed by atoms with Crippen LogP contribution in [0.5, 0.6) is 0 Å². The van der Waals surface area contributed by atoms with Gasteiger partial charge in [-0.15, -0.1) is 11.3 Å². The van der Waals surface area contributed by atoms with E-state index < -0.39 is 15.8 Å². The lowest BCUT2D eigenvalue weighted by molar-refractivity contribution is 0.0697. The fraction of sp³-hybridized carbons (Fsp3) is 0.167. The summed E-state index contributed by atoms with van der Waals surface area (Å²) in [6.07, 6.45) is 0. The predicted molar refractivity (Wildman–Crippen MR) is 81.2 cm³/mol. The second-order valence-corrected chi connectivity index (χ2v) is 7.92. The summed E-state index contributed by atoms with van der Waals surface area (Å²) in [5, 5.41) is 10.9. The quantitative estimate of drug-likeness (QED) is 0.896. The third-order valence-electron chi connectivity index (χ3n) is 2.57. The highest BCUT2D eigenvalue weighted by molar-refractivity contribution is 7.90. The maximum absolute atomic E-state index is 12.4. The third kappa shape index (κ3) is 3.55. The van der Waals surface area contributed by atoms with Gasteiger partial charge in [0.25, 0.3) is 0 Å². The standard InChI is InChI=1S/C12H9Cl2NO4S2/c1-6-4-20-11(15-6)5-21(18,19)10-2-7(12(16)17)8(13)3-9(10)14/h2-4H,5H2,1H3,(H,16,17). The summed E-state index contributed by atoms with van der Waals surface area (Å²) in [5.74, 6) is -1.66. The number of carbonyl (C=O) groups is 1. The summed E-state index contributed by atoms with van der Waals surface area (Å²) in [7, 11) is -3.81. The van der Waals surface area contributed by atoms with Crippen LogP contribution in [0.25, 0.3) is 0 Å². The molecule has 0 fully saturated rings. The summed E-state index contributed by atoms with van der Waals surface area (Å²) in [5.41, 5.74) is 0.411. The minimum absolute atomic E-state index is 0.113. The molecule has 0 saturated heterocycles. The molecule has 2 rings (SSSR count). The molecule has 0 aliphatic carbocycles. The van der Waals surface area contributed by atoms with Gasteiger partial charge in [0.2, 0.25) is 0 Å². The van der Waals surface area contributed by atoms with E-state index in [9.17, 15) is 13.2 Å². The van der Waals surface area contributed by atoms with Crippen molar-refractivity contribution in [1.29, 1.82) is 0 Å². The number of thiazole rings is 1. The number of carboxylic acid groups (broad SMARTS) is 1. The van der Waals surface area contributed by atoms with Gasteiger partial charge in [0, 0.05) is 11.1 Å². The highest BCUT2D eigenvalue weighted by Gasteiger charge is 2.24. The molecular formula is C12H9Cl2NO4S2. The Balaban J connectivity index is 2.49. The highest BCUT2D eigenvalue weighted by Crippen LogP contribution is 2.31. The molecule has 112 valence electrons. The number of carboxylic acids is 1. The van der Waals surface area contributed by atoms with Crippen molar-refractivity contribution in [2.45, 2.75) is 17.6 Å². The van der Waals surface area contributed by atoms with E-state index in [0.29, 0.717) is 5.01 Å². The number of benzene rings is 1. The van der Waals surface area contributed by atoms with E-state index in [1.54, 1.807) is 12.3 Å². The first kappa shape index (κ1) is 16.2. The van der Waals surface area contributed by atoms with Crippen molar-refractivity contribution in [2.24, 2.45) is 0 Å². The summed E-state index contributed by atoms with van der Waals surface area (Å²) in [6, 6.07) is 2.09. The van der Waals surface area contributed by atoms with Gasteiger partial charge in [0.15, 0.2) is 9.84 Å². The van der Waals surface area contributed by atoms with Crippen LogP contribution in [0, 0.1) is 6.92 Å². The van der Waals surface area contributed by atoms with Crippen LogP contribution < -0.4 is 0 Å². The largest absolute Gasteiger partial charge is 0.478 e. The van der Waals surface area contributed by atoms with Crippen LogP contribution in [-0.4, -0.2) is 24.5 Å². The Kier molecular flexibility index (Phi) is 4.57. The van der Waals surface area contributed by atoms with Crippen molar-refractivity contribution in [3.05, 3.63) is 43.8 Å². The Labute approximate surface area is 135 Å². The number of rotatable bonds is 4. The Bertz CT molecular complexity index is 815. The van der Waals surface area contributed by atoms with Crippen molar-refractivity contribution >= 4 is 50.3 Å². The first-order valence-electron chi connectivity index (χ1n) is 5.57. The van der Waals surface area contributed by atoms with E-state index in [1.807, 2.05) is 0 Å². The van der Waals surface area contributed by atoms with Gasteiger partial charge >= 0.3 is 5.97 Å².